The zero-order chi connectivity index (χ0) is 17.5. The van der Waals surface area contributed by atoms with Crippen LogP contribution in [-0.4, -0.2) is 16.7 Å². The highest BCUT2D eigenvalue weighted by Gasteiger charge is 2.09. The molecule has 0 aliphatic heterocycles. The van der Waals surface area contributed by atoms with Gasteiger partial charge in [-0.25, -0.2) is 4.79 Å². The number of esters is 1. The smallest absolute Gasteiger partial charge is 0.336 e. The largest absolute Gasteiger partial charge is 0.423 e. The fraction of sp³-hybridized carbons (Fsp3) is 0. The number of ketones is 1. The zero-order valence-corrected chi connectivity index (χ0v) is 13.3. The molecule has 0 fully saturated rings. The van der Waals surface area contributed by atoms with E-state index in [1.165, 1.54) is 6.08 Å². The van der Waals surface area contributed by atoms with Gasteiger partial charge in [0.15, 0.2) is 5.78 Å². The third-order valence-corrected chi connectivity index (χ3v) is 3.45. The lowest BCUT2D eigenvalue weighted by atomic mass is 10.0. The fourth-order valence-corrected chi connectivity index (χ4v) is 2.21. The van der Waals surface area contributed by atoms with Crippen LogP contribution in [0, 0.1) is 0 Å². The maximum absolute atomic E-state index is 12.3. The Kier molecular flexibility index (Phi) is 5.12. The Hall–Kier alpha value is -3.53. The summed E-state index contributed by atoms with van der Waals surface area (Å²) in [5.41, 5.74) is 1.82. The molecule has 0 amide bonds. The lowest BCUT2D eigenvalue weighted by Gasteiger charge is -2.04. The zero-order valence-electron chi connectivity index (χ0n) is 13.3. The molecule has 1 heterocycles. The molecule has 2 aromatic carbocycles. The standard InChI is InChI=1S/C21H15NO3/c23-20(14-11-18-8-4-5-15-22-18)25-19-12-9-17(10-13-19)21(24)16-6-2-1-3-7-16/h1-15H/b14-11+. The second kappa shape index (κ2) is 7.84. The normalized spacial score (nSPS) is 10.6. The van der Waals surface area contributed by atoms with Crippen molar-refractivity contribution in [3.05, 3.63) is 102 Å². The number of nitrogens with zero attached hydrogens (tertiary/aromatic N) is 1. The van der Waals surface area contributed by atoms with Crippen molar-refractivity contribution in [1.29, 1.82) is 0 Å². The molecule has 0 radical (unpaired) electrons. The number of hydrogen-bond donors (Lipinski definition) is 0. The van der Waals surface area contributed by atoms with Crippen LogP contribution in [0.15, 0.2) is 85.1 Å². The molecular formula is C21H15NO3. The molecule has 0 unspecified atom stereocenters. The van der Waals surface area contributed by atoms with E-state index in [2.05, 4.69) is 4.98 Å². The molecule has 0 spiro atoms. The lowest BCUT2D eigenvalue weighted by Crippen LogP contribution is -2.05. The molecule has 25 heavy (non-hydrogen) atoms. The first-order valence-corrected chi connectivity index (χ1v) is 7.73. The van der Waals surface area contributed by atoms with Gasteiger partial charge in [0.05, 0.1) is 5.69 Å². The van der Waals surface area contributed by atoms with Crippen LogP contribution in [0.5, 0.6) is 5.75 Å². The van der Waals surface area contributed by atoms with Gasteiger partial charge in [-0.2, -0.15) is 0 Å². The van der Waals surface area contributed by atoms with Crippen molar-refractivity contribution in [2.24, 2.45) is 0 Å². The summed E-state index contributed by atoms with van der Waals surface area (Å²) in [7, 11) is 0. The van der Waals surface area contributed by atoms with E-state index < -0.39 is 5.97 Å². The average Bonchev–Trinajstić information content (AvgIpc) is 2.68. The predicted molar refractivity (Wildman–Crippen MR) is 95.2 cm³/mol. The molecule has 0 aliphatic carbocycles. The van der Waals surface area contributed by atoms with E-state index in [0.717, 1.165) is 0 Å². The van der Waals surface area contributed by atoms with Gasteiger partial charge in [-0.15, -0.1) is 0 Å². The van der Waals surface area contributed by atoms with E-state index in [9.17, 15) is 9.59 Å². The number of carbonyl (C=O) groups excluding carboxylic acids is 2. The Balaban J connectivity index is 1.64. The van der Waals surface area contributed by atoms with Crippen LogP contribution in [0.2, 0.25) is 0 Å². The quantitative estimate of drug-likeness (QED) is 0.308. The Labute approximate surface area is 145 Å². The summed E-state index contributed by atoms with van der Waals surface area (Å²) < 4.78 is 5.21. The summed E-state index contributed by atoms with van der Waals surface area (Å²) in [4.78, 5) is 28.2. The molecule has 1 aromatic heterocycles. The van der Waals surface area contributed by atoms with Gasteiger partial charge in [-0.05, 0) is 42.5 Å². The summed E-state index contributed by atoms with van der Waals surface area (Å²) in [5.74, 6) is -0.207. The van der Waals surface area contributed by atoms with Crippen LogP contribution in [0.3, 0.4) is 0 Å². The predicted octanol–water partition coefficient (Wildman–Crippen LogP) is 3.93. The molecule has 4 nitrogen and oxygen atoms in total. The van der Waals surface area contributed by atoms with Crippen molar-refractivity contribution in [3.8, 4) is 5.75 Å². The highest BCUT2D eigenvalue weighted by molar-refractivity contribution is 6.09. The third-order valence-electron chi connectivity index (χ3n) is 3.45. The van der Waals surface area contributed by atoms with Crippen molar-refractivity contribution < 1.29 is 14.3 Å². The summed E-state index contributed by atoms with van der Waals surface area (Å²) in [5, 5.41) is 0. The SMILES string of the molecule is O=C(/C=C/c1ccccn1)Oc1ccc(C(=O)c2ccccc2)cc1. The second-order valence-electron chi connectivity index (χ2n) is 5.23. The van der Waals surface area contributed by atoms with Crippen molar-refractivity contribution in [2.75, 3.05) is 0 Å². The summed E-state index contributed by atoms with van der Waals surface area (Å²) in [6, 6.07) is 20.9. The topological polar surface area (TPSA) is 56.3 Å². The van der Waals surface area contributed by atoms with Crippen LogP contribution in [0.25, 0.3) is 6.08 Å². The molecule has 0 bridgehead atoms. The molecule has 122 valence electrons. The average molecular weight is 329 g/mol. The van der Waals surface area contributed by atoms with Crippen molar-refractivity contribution in [3.63, 3.8) is 0 Å². The highest BCUT2D eigenvalue weighted by atomic mass is 16.5. The number of benzene rings is 2. The lowest BCUT2D eigenvalue weighted by molar-refractivity contribution is -0.128. The van der Waals surface area contributed by atoms with E-state index in [0.29, 0.717) is 22.6 Å². The first kappa shape index (κ1) is 16.3. The molecule has 0 saturated carbocycles. The third kappa shape index (κ3) is 4.48. The fourth-order valence-electron chi connectivity index (χ4n) is 2.21. The monoisotopic (exact) mass is 329 g/mol. The molecule has 3 aromatic rings. The van der Waals surface area contributed by atoms with Gasteiger partial charge in [0.25, 0.3) is 0 Å². The molecular weight excluding hydrogens is 314 g/mol. The molecule has 0 atom stereocenters. The van der Waals surface area contributed by atoms with E-state index >= 15 is 0 Å². The minimum absolute atomic E-state index is 0.0754. The van der Waals surface area contributed by atoms with Gasteiger partial charge in [0, 0.05) is 23.4 Å². The van der Waals surface area contributed by atoms with Gasteiger partial charge in [-0.1, -0.05) is 36.4 Å². The van der Waals surface area contributed by atoms with Gasteiger partial charge < -0.3 is 4.74 Å². The van der Waals surface area contributed by atoms with Gasteiger partial charge >= 0.3 is 5.97 Å². The number of hydrogen-bond acceptors (Lipinski definition) is 4. The van der Waals surface area contributed by atoms with Crippen molar-refractivity contribution >= 4 is 17.8 Å². The van der Waals surface area contributed by atoms with Crippen LogP contribution in [0.4, 0.5) is 0 Å². The van der Waals surface area contributed by atoms with E-state index in [4.69, 9.17) is 4.74 Å². The van der Waals surface area contributed by atoms with E-state index in [1.807, 2.05) is 24.3 Å². The Morgan fingerprint density at radius 3 is 2.16 bits per heavy atom. The summed E-state index contributed by atoms with van der Waals surface area (Å²) >= 11 is 0. The van der Waals surface area contributed by atoms with Gasteiger partial charge in [0.1, 0.15) is 5.75 Å². The van der Waals surface area contributed by atoms with Crippen molar-refractivity contribution in [1.82, 2.24) is 4.98 Å². The molecule has 4 heteroatoms. The number of ether oxygens (including phenoxy) is 1. The van der Waals surface area contributed by atoms with Crippen molar-refractivity contribution in [2.45, 2.75) is 0 Å². The van der Waals surface area contributed by atoms with Crippen LogP contribution in [-0.2, 0) is 4.79 Å². The maximum atomic E-state index is 12.3. The first-order valence-electron chi connectivity index (χ1n) is 7.73. The van der Waals surface area contributed by atoms with E-state index in [-0.39, 0.29) is 5.78 Å². The molecule has 0 saturated heterocycles. The Morgan fingerprint density at radius 2 is 1.48 bits per heavy atom. The highest BCUT2D eigenvalue weighted by Crippen LogP contribution is 2.16. The Bertz CT molecular complexity index is 885. The van der Waals surface area contributed by atoms with E-state index in [1.54, 1.807) is 60.8 Å². The number of carbonyl (C=O) groups is 2. The number of aromatic nitrogens is 1. The van der Waals surface area contributed by atoms with Crippen LogP contribution < -0.4 is 4.74 Å². The van der Waals surface area contributed by atoms with Gasteiger partial charge in [-0.3, -0.25) is 9.78 Å². The number of rotatable bonds is 5. The minimum atomic E-state index is -0.507. The molecule has 0 N–H and O–H groups in total. The first-order chi connectivity index (χ1) is 12.2. The Morgan fingerprint density at radius 1 is 0.800 bits per heavy atom. The number of pyridine rings is 1. The van der Waals surface area contributed by atoms with Crippen LogP contribution in [0.1, 0.15) is 21.6 Å². The molecule has 0 aliphatic rings. The van der Waals surface area contributed by atoms with Crippen LogP contribution >= 0.6 is 0 Å². The molecule has 3 rings (SSSR count). The van der Waals surface area contributed by atoms with Gasteiger partial charge in [0.2, 0.25) is 0 Å². The summed E-state index contributed by atoms with van der Waals surface area (Å²) in [6.45, 7) is 0. The second-order valence-corrected chi connectivity index (χ2v) is 5.23. The maximum Gasteiger partial charge on any atom is 0.336 e. The summed E-state index contributed by atoms with van der Waals surface area (Å²) in [6.07, 6.45) is 4.54. The minimum Gasteiger partial charge on any atom is -0.423 e.